The van der Waals surface area contributed by atoms with Crippen molar-refractivity contribution in [2.45, 2.75) is 13.0 Å². The van der Waals surface area contributed by atoms with Gasteiger partial charge in [0, 0.05) is 38.0 Å². The van der Waals surface area contributed by atoms with Gasteiger partial charge in [0.05, 0.1) is 32.7 Å². The van der Waals surface area contributed by atoms with Crippen molar-refractivity contribution in [1.29, 1.82) is 0 Å². The maximum absolute atomic E-state index is 13.2. The molecule has 5 nitrogen and oxygen atoms in total. The van der Waals surface area contributed by atoms with Crippen LogP contribution in [0.15, 0.2) is 48.5 Å². The number of rotatable bonds is 6. The van der Waals surface area contributed by atoms with E-state index in [-0.39, 0.29) is 17.8 Å². The molecule has 0 aromatic heterocycles. The summed E-state index contributed by atoms with van der Waals surface area (Å²) in [7, 11) is 4.06. The third-order valence-electron chi connectivity index (χ3n) is 5.46. The van der Waals surface area contributed by atoms with Crippen LogP contribution < -0.4 is 20.0 Å². The van der Waals surface area contributed by atoms with Gasteiger partial charge in [-0.1, -0.05) is 12.1 Å². The van der Waals surface area contributed by atoms with Crippen molar-refractivity contribution >= 4 is 17.3 Å². The first kappa shape index (κ1) is 20.1. The fraction of sp³-hybridized carbons (Fsp3) is 0.409. The Balaban J connectivity index is 1.70. The third-order valence-corrected chi connectivity index (χ3v) is 5.46. The second kappa shape index (κ2) is 9.06. The van der Waals surface area contributed by atoms with Crippen molar-refractivity contribution in [2.75, 3.05) is 56.6 Å². The Hall–Kier alpha value is -2.60. The summed E-state index contributed by atoms with van der Waals surface area (Å²) in [5, 5.41) is 3.00. The van der Waals surface area contributed by atoms with E-state index >= 15 is 0 Å². The number of quaternary nitrogens is 1. The van der Waals surface area contributed by atoms with Crippen LogP contribution in [-0.4, -0.2) is 52.7 Å². The zero-order chi connectivity index (χ0) is 20.1. The minimum atomic E-state index is -0.204. The van der Waals surface area contributed by atoms with Gasteiger partial charge >= 0.3 is 0 Å². The number of hydrogen-bond donors (Lipinski definition) is 2. The van der Waals surface area contributed by atoms with Gasteiger partial charge in [-0.3, -0.25) is 4.79 Å². The number of benzene rings is 2. The van der Waals surface area contributed by atoms with Crippen molar-refractivity contribution in [3.05, 3.63) is 59.9 Å². The largest absolute Gasteiger partial charge is 0.378 e. The number of nitrogens with zero attached hydrogens (tertiary/aromatic N) is 2. The summed E-state index contributed by atoms with van der Waals surface area (Å²) >= 11 is 0. The topological polar surface area (TPSA) is 40.0 Å². The normalized spacial score (nSPS) is 15.9. The molecule has 0 spiro atoms. The molecule has 1 amide bonds. The van der Waals surface area contributed by atoms with Gasteiger partial charge in [0.2, 0.25) is 5.91 Å². The van der Waals surface area contributed by atoms with Crippen LogP contribution in [0.4, 0.5) is 15.8 Å². The van der Waals surface area contributed by atoms with Crippen LogP contribution >= 0.6 is 0 Å². The van der Waals surface area contributed by atoms with E-state index in [1.807, 2.05) is 26.2 Å². The van der Waals surface area contributed by atoms with Crippen molar-refractivity contribution < 1.29 is 14.1 Å². The van der Waals surface area contributed by atoms with E-state index in [0.29, 0.717) is 6.54 Å². The molecule has 2 aromatic carbocycles. The van der Waals surface area contributed by atoms with Gasteiger partial charge < -0.3 is 20.0 Å². The second-order valence-electron chi connectivity index (χ2n) is 7.60. The highest BCUT2D eigenvalue weighted by atomic mass is 19.1. The number of piperazine rings is 1. The van der Waals surface area contributed by atoms with Crippen LogP contribution in [0.25, 0.3) is 0 Å². The van der Waals surface area contributed by atoms with E-state index in [1.165, 1.54) is 22.6 Å². The van der Waals surface area contributed by atoms with Crippen LogP contribution in [0, 0.1) is 5.82 Å². The summed E-state index contributed by atoms with van der Waals surface area (Å²) in [6.07, 6.45) is 0. The molecule has 0 bridgehead atoms. The van der Waals surface area contributed by atoms with Crippen LogP contribution in [0.3, 0.4) is 0 Å². The predicted molar refractivity (Wildman–Crippen MR) is 112 cm³/mol. The minimum absolute atomic E-state index is 0.000685. The summed E-state index contributed by atoms with van der Waals surface area (Å²) in [6, 6.07) is 15.5. The zero-order valence-electron chi connectivity index (χ0n) is 16.9. The lowest BCUT2D eigenvalue weighted by molar-refractivity contribution is -0.931. The molecule has 6 heteroatoms. The molecule has 1 saturated heterocycles. The first-order valence-corrected chi connectivity index (χ1v) is 9.81. The van der Waals surface area contributed by atoms with Crippen molar-refractivity contribution in [1.82, 2.24) is 5.32 Å². The molecule has 1 heterocycles. The van der Waals surface area contributed by atoms with Crippen LogP contribution in [0.2, 0.25) is 0 Å². The average Bonchev–Trinajstić information content (AvgIpc) is 2.69. The van der Waals surface area contributed by atoms with Crippen LogP contribution in [0.1, 0.15) is 18.5 Å². The van der Waals surface area contributed by atoms with Crippen molar-refractivity contribution in [3.63, 3.8) is 0 Å². The van der Waals surface area contributed by atoms with Gasteiger partial charge in [-0.05, 0) is 36.4 Å². The first-order valence-electron chi connectivity index (χ1n) is 9.81. The molecule has 1 aliphatic rings. The highest BCUT2D eigenvalue weighted by molar-refractivity contribution is 5.72. The molecule has 2 aromatic rings. The summed E-state index contributed by atoms with van der Waals surface area (Å²) in [5.74, 6) is -0.205. The monoisotopic (exact) mass is 385 g/mol. The Labute approximate surface area is 166 Å². The Morgan fingerprint density at radius 3 is 2.25 bits per heavy atom. The number of nitrogens with one attached hydrogen (secondary N) is 2. The number of carbonyl (C=O) groups is 1. The van der Waals surface area contributed by atoms with Gasteiger partial charge in [-0.25, -0.2) is 4.39 Å². The Morgan fingerprint density at radius 2 is 1.71 bits per heavy atom. The fourth-order valence-electron chi connectivity index (χ4n) is 3.80. The average molecular weight is 386 g/mol. The minimum Gasteiger partial charge on any atom is -0.378 e. The molecular formula is C22H30FN4O+. The lowest BCUT2D eigenvalue weighted by Gasteiger charge is -2.38. The highest BCUT2D eigenvalue weighted by Crippen LogP contribution is 2.18. The zero-order valence-corrected chi connectivity index (χ0v) is 16.9. The van der Waals surface area contributed by atoms with Crippen LogP contribution in [-0.2, 0) is 4.79 Å². The number of hydrogen-bond acceptors (Lipinski definition) is 3. The number of anilines is 2. The first-order chi connectivity index (χ1) is 13.4. The lowest BCUT2D eigenvalue weighted by Crippen LogP contribution is -3.15. The molecule has 1 aliphatic heterocycles. The highest BCUT2D eigenvalue weighted by Gasteiger charge is 2.29. The number of halogens is 1. The predicted octanol–water partition coefficient (Wildman–Crippen LogP) is 1.47. The molecular weight excluding hydrogens is 355 g/mol. The van der Waals surface area contributed by atoms with Gasteiger partial charge in [0.15, 0.2) is 0 Å². The van der Waals surface area contributed by atoms with E-state index in [0.717, 1.165) is 37.6 Å². The van der Waals surface area contributed by atoms with E-state index in [1.54, 1.807) is 6.92 Å². The Morgan fingerprint density at radius 1 is 1.11 bits per heavy atom. The second-order valence-corrected chi connectivity index (χ2v) is 7.60. The maximum atomic E-state index is 13.2. The Kier molecular flexibility index (Phi) is 6.52. The van der Waals surface area contributed by atoms with Gasteiger partial charge in [-0.2, -0.15) is 0 Å². The molecule has 0 radical (unpaired) electrons. The van der Waals surface area contributed by atoms with Gasteiger partial charge in [0.25, 0.3) is 0 Å². The summed E-state index contributed by atoms with van der Waals surface area (Å²) < 4.78 is 13.2. The Bertz CT molecular complexity index is 768. The van der Waals surface area contributed by atoms with E-state index in [4.69, 9.17) is 0 Å². The van der Waals surface area contributed by atoms with Gasteiger partial charge in [-0.15, -0.1) is 0 Å². The summed E-state index contributed by atoms with van der Waals surface area (Å²) in [6.45, 7) is 5.95. The molecule has 1 fully saturated rings. The molecule has 0 aliphatic carbocycles. The molecule has 1 atom stereocenters. The molecule has 0 unspecified atom stereocenters. The molecule has 0 saturated carbocycles. The van der Waals surface area contributed by atoms with Gasteiger partial charge in [0.1, 0.15) is 11.9 Å². The van der Waals surface area contributed by atoms with Crippen LogP contribution in [0.5, 0.6) is 0 Å². The smallest absolute Gasteiger partial charge is 0.217 e. The fourth-order valence-corrected chi connectivity index (χ4v) is 3.80. The SMILES string of the molecule is CC(=O)NC[C@@H](c1ccc(N(C)C)cc1)[NH+]1CCN(c2ccc(F)cc2)CC1. The standard InChI is InChI=1S/C22H29FN4O/c1-17(28)24-16-22(18-4-8-20(9-5-18)25(2)3)27-14-12-26(13-15-27)21-10-6-19(23)7-11-21/h4-11,22H,12-16H2,1-3H3,(H,24,28)/p+1/t22-/m0/s1. The molecule has 3 rings (SSSR count). The van der Waals surface area contributed by atoms with E-state index < -0.39 is 0 Å². The molecule has 2 N–H and O–H groups in total. The van der Waals surface area contributed by atoms with Crippen molar-refractivity contribution in [3.8, 4) is 0 Å². The third kappa shape index (κ3) is 5.01. The molecule has 28 heavy (non-hydrogen) atoms. The lowest BCUT2D eigenvalue weighted by atomic mass is 10.0. The summed E-state index contributed by atoms with van der Waals surface area (Å²) in [4.78, 5) is 17.4. The molecule has 150 valence electrons. The van der Waals surface area contributed by atoms with E-state index in [2.05, 4.69) is 39.4 Å². The maximum Gasteiger partial charge on any atom is 0.217 e. The van der Waals surface area contributed by atoms with Crippen molar-refractivity contribution in [2.24, 2.45) is 0 Å². The summed E-state index contributed by atoms with van der Waals surface area (Å²) in [5.41, 5.74) is 3.47. The van der Waals surface area contributed by atoms with E-state index in [9.17, 15) is 9.18 Å². The number of carbonyl (C=O) groups excluding carboxylic acids is 1. The number of amides is 1. The quantitative estimate of drug-likeness (QED) is 0.791.